The number of carbonyl (C=O) groups excluding carboxylic acids is 2. The van der Waals surface area contributed by atoms with E-state index in [9.17, 15) is 9.59 Å². The lowest BCUT2D eigenvalue weighted by atomic mass is 10.2. The summed E-state index contributed by atoms with van der Waals surface area (Å²) in [4.78, 5) is 21.8. The van der Waals surface area contributed by atoms with Crippen molar-refractivity contribution in [1.29, 1.82) is 0 Å². The van der Waals surface area contributed by atoms with Gasteiger partial charge in [0.1, 0.15) is 0 Å². The maximum absolute atomic E-state index is 11.1. The Kier molecular flexibility index (Phi) is 10.5. The zero-order chi connectivity index (χ0) is 15.8. The molecule has 22 heavy (non-hydrogen) atoms. The molecule has 0 aromatic heterocycles. The first-order chi connectivity index (χ1) is 9.93. The zero-order valence-corrected chi connectivity index (χ0v) is 16.0. The Morgan fingerprint density at radius 3 is 1.50 bits per heavy atom. The van der Waals surface area contributed by atoms with Gasteiger partial charge in [0.15, 0.2) is 11.6 Å². The second-order valence-electron chi connectivity index (χ2n) is 4.13. The molecule has 0 aliphatic rings. The molecule has 0 aliphatic heterocycles. The average molecular weight is 493 g/mol. The minimum atomic E-state index is 0. The third kappa shape index (κ3) is 7.47. The van der Waals surface area contributed by atoms with Crippen LogP contribution in [0.5, 0.6) is 0 Å². The van der Waals surface area contributed by atoms with Crippen molar-refractivity contribution in [2.75, 3.05) is 5.33 Å². The van der Waals surface area contributed by atoms with Crippen LogP contribution in [-0.2, 0) is 0 Å². The summed E-state index contributed by atoms with van der Waals surface area (Å²) in [6.07, 6.45) is 0. The van der Waals surface area contributed by atoms with Crippen LogP contribution in [-0.4, -0.2) is 16.9 Å². The van der Waals surface area contributed by atoms with E-state index in [0.717, 1.165) is 20.1 Å². The predicted molar refractivity (Wildman–Crippen MR) is 103 cm³/mol. The Bertz CT molecular complexity index is 605. The molecule has 0 atom stereocenters. The maximum atomic E-state index is 11.1. The van der Waals surface area contributed by atoms with Crippen molar-refractivity contribution in [3.63, 3.8) is 0 Å². The lowest BCUT2D eigenvalue weighted by Crippen LogP contribution is -1.98. The van der Waals surface area contributed by atoms with Gasteiger partial charge in [-0.3, -0.25) is 9.59 Å². The van der Waals surface area contributed by atoms with Gasteiger partial charge in [0.25, 0.3) is 0 Å². The molecular weight excluding hydrogens is 476 g/mol. The molecule has 0 aliphatic carbocycles. The molecule has 118 valence electrons. The van der Waals surface area contributed by atoms with Crippen LogP contribution in [0.1, 0.15) is 35.1 Å². The van der Waals surface area contributed by atoms with E-state index in [0.29, 0.717) is 5.33 Å². The summed E-state index contributed by atoms with van der Waals surface area (Å²) < 4.78 is 1.99. The summed E-state index contributed by atoms with van der Waals surface area (Å²) in [6, 6.07) is 14.6. The number of hydrogen-bond acceptors (Lipinski definition) is 2. The van der Waals surface area contributed by atoms with Gasteiger partial charge in [0, 0.05) is 20.1 Å². The van der Waals surface area contributed by atoms with E-state index in [-0.39, 0.29) is 19.0 Å². The highest BCUT2D eigenvalue weighted by molar-refractivity contribution is 9.10. The molecule has 0 fully saturated rings. The van der Waals surface area contributed by atoms with Crippen LogP contribution in [0.15, 0.2) is 57.5 Å². The lowest BCUT2D eigenvalue weighted by molar-refractivity contribution is 0.101. The number of rotatable bonds is 3. The average Bonchev–Trinajstić information content (AvgIpc) is 2.48. The number of halogens is 3. The van der Waals surface area contributed by atoms with Gasteiger partial charge in [-0.05, 0) is 31.2 Å². The molecule has 0 radical (unpaired) electrons. The van der Waals surface area contributed by atoms with E-state index in [4.69, 9.17) is 0 Å². The first-order valence-corrected chi connectivity index (χ1v) is 8.76. The molecule has 0 amide bonds. The van der Waals surface area contributed by atoms with Crippen molar-refractivity contribution in [2.24, 2.45) is 0 Å². The Morgan fingerprint density at radius 1 is 0.818 bits per heavy atom. The van der Waals surface area contributed by atoms with E-state index in [1.165, 1.54) is 0 Å². The molecule has 0 saturated heterocycles. The molecule has 0 heterocycles. The largest absolute Gasteiger partial charge is 0.295 e. The summed E-state index contributed by atoms with van der Waals surface area (Å²) >= 11 is 9.69. The highest BCUT2D eigenvalue weighted by Crippen LogP contribution is 2.11. The first kappa shape index (κ1) is 21.2. The van der Waals surface area contributed by atoms with Crippen molar-refractivity contribution >= 4 is 59.4 Å². The summed E-state index contributed by atoms with van der Waals surface area (Å²) in [7, 11) is 0. The molecule has 0 spiro atoms. The molecule has 2 aromatic rings. The number of carbonyl (C=O) groups is 2. The van der Waals surface area contributed by atoms with Crippen LogP contribution in [0.2, 0.25) is 0 Å². The first-order valence-electron chi connectivity index (χ1n) is 6.05. The second kappa shape index (κ2) is 10.9. The lowest BCUT2D eigenvalue weighted by Gasteiger charge is -1.95. The third-order valence-electron chi connectivity index (χ3n) is 2.54. The number of hydrogen-bond donors (Lipinski definition) is 0. The van der Waals surface area contributed by atoms with Crippen LogP contribution in [0, 0.1) is 0 Å². The van der Waals surface area contributed by atoms with Gasteiger partial charge in [0.05, 0.1) is 5.33 Å². The molecule has 2 nitrogen and oxygen atoms in total. The van der Waals surface area contributed by atoms with E-state index in [1.807, 2.05) is 24.3 Å². The summed E-state index contributed by atoms with van der Waals surface area (Å²) in [6.45, 7) is 1.56. The molecule has 0 saturated carbocycles. The van der Waals surface area contributed by atoms with E-state index >= 15 is 0 Å². The Hall–Kier alpha value is -0.780. The molecule has 2 aromatic carbocycles. The summed E-state index contributed by atoms with van der Waals surface area (Å²) in [5.74, 6) is 0.213. The zero-order valence-electron chi connectivity index (χ0n) is 11.3. The summed E-state index contributed by atoms with van der Waals surface area (Å²) in [5.41, 5.74) is 1.49. The van der Waals surface area contributed by atoms with Crippen LogP contribution in [0.4, 0.5) is 0 Å². The molecule has 0 N–H and O–H groups in total. The number of benzene rings is 2. The standard InChI is InChI=1S/C8H6Br2O.C8H7BrO.CH4/c9-5-8(11)6-1-3-7(10)4-2-6;1-6(10)7-2-4-8(9)5-3-7;/h1-4H,5H2;2-5H,1H3;1H4. The minimum absolute atomic E-state index is 0. The monoisotopic (exact) mass is 490 g/mol. The van der Waals surface area contributed by atoms with Crippen molar-refractivity contribution in [2.45, 2.75) is 14.4 Å². The number of Topliss-reactive ketones (excluding diaryl/α,β-unsaturated/α-hetero) is 2. The van der Waals surface area contributed by atoms with E-state index in [2.05, 4.69) is 47.8 Å². The quantitative estimate of drug-likeness (QED) is 0.371. The maximum Gasteiger partial charge on any atom is 0.173 e. The van der Waals surface area contributed by atoms with E-state index < -0.39 is 0 Å². The van der Waals surface area contributed by atoms with Gasteiger partial charge in [-0.1, -0.05) is 79.5 Å². The van der Waals surface area contributed by atoms with Gasteiger partial charge in [-0.25, -0.2) is 0 Å². The Labute approximate surface area is 156 Å². The Morgan fingerprint density at radius 2 is 1.18 bits per heavy atom. The second-order valence-corrected chi connectivity index (χ2v) is 6.52. The third-order valence-corrected chi connectivity index (χ3v) is 4.10. The fraction of sp³-hybridized carbons (Fsp3) is 0.176. The normalized spacial score (nSPS) is 9.09. The van der Waals surface area contributed by atoms with Crippen molar-refractivity contribution in [3.05, 3.63) is 68.6 Å². The summed E-state index contributed by atoms with van der Waals surface area (Å²) in [5, 5.41) is 0.384. The van der Waals surface area contributed by atoms with Crippen molar-refractivity contribution < 1.29 is 9.59 Å². The van der Waals surface area contributed by atoms with Crippen LogP contribution >= 0.6 is 47.8 Å². The molecular formula is C17H17Br3O2. The molecule has 5 heteroatoms. The van der Waals surface area contributed by atoms with Gasteiger partial charge in [0.2, 0.25) is 0 Å². The fourth-order valence-corrected chi connectivity index (χ4v) is 2.25. The van der Waals surface area contributed by atoms with E-state index in [1.54, 1.807) is 31.2 Å². The van der Waals surface area contributed by atoms with Gasteiger partial charge in [-0.2, -0.15) is 0 Å². The van der Waals surface area contributed by atoms with Gasteiger partial charge < -0.3 is 0 Å². The smallest absolute Gasteiger partial charge is 0.173 e. The predicted octanol–water partition coefficient (Wildman–Crippen LogP) is 6.31. The highest BCUT2D eigenvalue weighted by atomic mass is 79.9. The number of alkyl halides is 1. The number of ketones is 2. The van der Waals surface area contributed by atoms with Gasteiger partial charge >= 0.3 is 0 Å². The minimum Gasteiger partial charge on any atom is -0.295 e. The van der Waals surface area contributed by atoms with Crippen LogP contribution in [0.25, 0.3) is 0 Å². The fourth-order valence-electron chi connectivity index (χ4n) is 1.40. The van der Waals surface area contributed by atoms with Crippen LogP contribution in [0.3, 0.4) is 0 Å². The van der Waals surface area contributed by atoms with Crippen molar-refractivity contribution in [3.8, 4) is 0 Å². The molecule has 0 unspecified atom stereocenters. The van der Waals surface area contributed by atoms with Crippen LogP contribution < -0.4 is 0 Å². The van der Waals surface area contributed by atoms with Gasteiger partial charge in [-0.15, -0.1) is 0 Å². The highest BCUT2D eigenvalue weighted by Gasteiger charge is 2.01. The van der Waals surface area contributed by atoms with Crippen molar-refractivity contribution in [1.82, 2.24) is 0 Å². The Balaban J connectivity index is 0.000000385. The molecule has 0 bridgehead atoms. The topological polar surface area (TPSA) is 34.1 Å². The SMILES string of the molecule is C.CC(=O)c1ccc(Br)cc1.O=C(CBr)c1ccc(Br)cc1. The molecule has 2 rings (SSSR count).